The summed E-state index contributed by atoms with van der Waals surface area (Å²) in [7, 11) is 0. The van der Waals surface area contributed by atoms with Crippen LogP contribution in [-0.4, -0.2) is 51.2 Å². The highest BCUT2D eigenvalue weighted by Gasteiger charge is 2.24. The molecule has 1 saturated carbocycles. The standard InChI is InChI=1S/C20H27N5O/c26-20(17-6-7-19(21-14-17)25-11-3-10-22-25)23-18-8-12-24(13-9-18)15-16-4-1-2-5-16/h3,6-7,10-11,14,16,18H,1-2,4-5,8-9,12-13,15H2,(H,23,26). The second-order valence-corrected chi connectivity index (χ2v) is 7.55. The van der Waals surface area contributed by atoms with Crippen LogP contribution in [0.15, 0.2) is 36.8 Å². The molecule has 1 amide bonds. The first-order valence-electron chi connectivity index (χ1n) is 9.77. The normalized spacial score (nSPS) is 19.7. The van der Waals surface area contributed by atoms with Gasteiger partial charge in [-0.05, 0) is 49.8 Å². The molecule has 2 aliphatic rings. The number of piperidine rings is 1. The van der Waals surface area contributed by atoms with E-state index in [-0.39, 0.29) is 11.9 Å². The van der Waals surface area contributed by atoms with Crippen molar-refractivity contribution in [3.63, 3.8) is 0 Å². The van der Waals surface area contributed by atoms with Crippen molar-refractivity contribution >= 4 is 5.91 Å². The van der Waals surface area contributed by atoms with Gasteiger partial charge >= 0.3 is 0 Å². The van der Waals surface area contributed by atoms with Gasteiger partial charge in [0.1, 0.15) is 0 Å². The first-order valence-corrected chi connectivity index (χ1v) is 9.77. The summed E-state index contributed by atoms with van der Waals surface area (Å²) in [6, 6.07) is 5.76. The van der Waals surface area contributed by atoms with Crippen LogP contribution in [0.3, 0.4) is 0 Å². The SMILES string of the molecule is O=C(NC1CCN(CC2CCCC2)CC1)c1ccc(-n2cccn2)nc1. The minimum absolute atomic E-state index is 0.0289. The maximum absolute atomic E-state index is 12.5. The lowest BCUT2D eigenvalue weighted by molar-refractivity contribution is 0.0905. The highest BCUT2D eigenvalue weighted by atomic mass is 16.1. The van der Waals surface area contributed by atoms with E-state index in [1.807, 2.05) is 24.4 Å². The van der Waals surface area contributed by atoms with E-state index in [0.717, 1.165) is 31.8 Å². The van der Waals surface area contributed by atoms with Gasteiger partial charge in [0.2, 0.25) is 0 Å². The molecule has 1 saturated heterocycles. The van der Waals surface area contributed by atoms with E-state index in [0.29, 0.717) is 11.4 Å². The van der Waals surface area contributed by atoms with E-state index in [1.54, 1.807) is 17.1 Å². The van der Waals surface area contributed by atoms with Crippen molar-refractivity contribution in [3.8, 4) is 5.82 Å². The molecule has 6 nitrogen and oxygen atoms in total. The van der Waals surface area contributed by atoms with Gasteiger partial charge in [-0.15, -0.1) is 0 Å². The molecule has 1 N–H and O–H groups in total. The van der Waals surface area contributed by atoms with Crippen molar-refractivity contribution < 1.29 is 4.79 Å². The highest BCUT2D eigenvalue weighted by molar-refractivity contribution is 5.94. The summed E-state index contributed by atoms with van der Waals surface area (Å²) in [5.41, 5.74) is 0.606. The van der Waals surface area contributed by atoms with Gasteiger partial charge < -0.3 is 10.2 Å². The Morgan fingerprint density at radius 3 is 2.62 bits per heavy atom. The second kappa shape index (κ2) is 7.99. The number of rotatable bonds is 5. The van der Waals surface area contributed by atoms with E-state index in [1.165, 1.54) is 32.2 Å². The molecule has 1 aliphatic carbocycles. The third-order valence-electron chi connectivity index (χ3n) is 5.66. The van der Waals surface area contributed by atoms with Crippen LogP contribution in [0.25, 0.3) is 5.82 Å². The van der Waals surface area contributed by atoms with Crippen LogP contribution in [-0.2, 0) is 0 Å². The molecule has 0 unspecified atom stereocenters. The van der Waals surface area contributed by atoms with E-state index in [2.05, 4.69) is 20.3 Å². The summed E-state index contributed by atoms with van der Waals surface area (Å²) in [5.74, 6) is 1.59. The Morgan fingerprint density at radius 1 is 1.15 bits per heavy atom. The lowest BCUT2D eigenvalue weighted by Gasteiger charge is -2.33. The Bertz CT molecular complexity index is 698. The summed E-state index contributed by atoms with van der Waals surface area (Å²) in [6.45, 7) is 3.44. The van der Waals surface area contributed by atoms with Crippen LogP contribution in [0.5, 0.6) is 0 Å². The topological polar surface area (TPSA) is 63.1 Å². The number of aromatic nitrogens is 3. The molecule has 4 rings (SSSR count). The Kier molecular flexibility index (Phi) is 5.29. The maximum atomic E-state index is 12.5. The van der Waals surface area contributed by atoms with Crippen molar-refractivity contribution in [2.45, 2.75) is 44.6 Å². The van der Waals surface area contributed by atoms with Crippen LogP contribution in [0.1, 0.15) is 48.9 Å². The predicted octanol–water partition coefficient (Wildman–Crippen LogP) is 2.65. The van der Waals surface area contributed by atoms with Crippen LogP contribution >= 0.6 is 0 Å². The largest absolute Gasteiger partial charge is 0.349 e. The molecule has 6 heteroatoms. The van der Waals surface area contributed by atoms with Gasteiger partial charge in [0.05, 0.1) is 5.56 Å². The molecule has 2 aromatic rings. The molecule has 1 aliphatic heterocycles. The number of nitrogens with zero attached hydrogens (tertiary/aromatic N) is 4. The molecule has 26 heavy (non-hydrogen) atoms. The van der Waals surface area contributed by atoms with Crippen LogP contribution in [0, 0.1) is 5.92 Å². The number of likely N-dealkylation sites (tertiary alicyclic amines) is 1. The number of hydrogen-bond acceptors (Lipinski definition) is 4. The number of carbonyl (C=O) groups excluding carboxylic acids is 1. The second-order valence-electron chi connectivity index (χ2n) is 7.55. The Balaban J connectivity index is 1.26. The average molecular weight is 353 g/mol. The molecular formula is C20H27N5O. The zero-order valence-electron chi connectivity index (χ0n) is 15.2. The molecule has 138 valence electrons. The van der Waals surface area contributed by atoms with Crippen molar-refractivity contribution in [1.29, 1.82) is 0 Å². The lowest BCUT2D eigenvalue weighted by Crippen LogP contribution is -2.45. The first-order chi connectivity index (χ1) is 12.8. The van der Waals surface area contributed by atoms with Crippen molar-refractivity contribution in [2.75, 3.05) is 19.6 Å². The molecule has 3 heterocycles. The molecule has 0 aromatic carbocycles. The average Bonchev–Trinajstić information content (AvgIpc) is 3.37. The van der Waals surface area contributed by atoms with Gasteiger partial charge in [0.25, 0.3) is 5.91 Å². The quantitative estimate of drug-likeness (QED) is 0.898. The molecule has 0 bridgehead atoms. The van der Waals surface area contributed by atoms with Gasteiger partial charge in [-0.25, -0.2) is 9.67 Å². The highest BCUT2D eigenvalue weighted by Crippen LogP contribution is 2.26. The zero-order valence-corrected chi connectivity index (χ0v) is 15.2. The fraction of sp³-hybridized carbons (Fsp3) is 0.550. The maximum Gasteiger partial charge on any atom is 0.253 e. The van der Waals surface area contributed by atoms with Gasteiger partial charge in [-0.1, -0.05) is 12.8 Å². The fourth-order valence-electron chi connectivity index (χ4n) is 4.15. The van der Waals surface area contributed by atoms with E-state index < -0.39 is 0 Å². The minimum atomic E-state index is -0.0289. The molecule has 0 atom stereocenters. The first kappa shape index (κ1) is 17.2. The molecular weight excluding hydrogens is 326 g/mol. The summed E-state index contributed by atoms with van der Waals surface area (Å²) in [5, 5.41) is 7.32. The summed E-state index contributed by atoms with van der Waals surface area (Å²) in [6.07, 6.45) is 12.9. The predicted molar refractivity (Wildman–Crippen MR) is 100 cm³/mol. The van der Waals surface area contributed by atoms with E-state index in [9.17, 15) is 4.79 Å². The van der Waals surface area contributed by atoms with Gasteiger partial charge in [-0.2, -0.15) is 5.10 Å². The number of nitrogens with one attached hydrogen (secondary N) is 1. The van der Waals surface area contributed by atoms with Crippen molar-refractivity contribution in [3.05, 3.63) is 42.4 Å². The smallest absolute Gasteiger partial charge is 0.253 e. The number of hydrogen-bond donors (Lipinski definition) is 1. The third-order valence-corrected chi connectivity index (χ3v) is 5.66. The van der Waals surface area contributed by atoms with Gasteiger partial charge in [0.15, 0.2) is 5.82 Å². The van der Waals surface area contributed by atoms with Crippen molar-refractivity contribution in [1.82, 2.24) is 25.0 Å². The lowest BCUT2D eigenvalue weighted by atomic mass is 10.0. The Hall–Kier alpha value is -2.21. The summed E-state index contributed by atoms with van der Waals surface area (Å²) >= 11 is 0. The summed E-state index contributed by atoms with van der Waals surface area (Å²) < 4.78 is 1.68. The third kappa shape index (κ3) is 4.12. The molecule has 0 radical (unpaired) electrons. The number of carbonyl (C=O) groups is 1. The Labute approximate surface area is 154 Å². The Morgan fingerprint density at radius 2 is 1.96 bits per heavy atom. The van der Waals surface area contributed by atoms with Gasteiger partial charge in [-0.3, -0.25) is 4.79 Å². The zero-order chi connectivity index (χ0) is 17.8. The van der Waals surface area contributed by atoms with Crippen LogP contribution in [0.2, 0.25) is 0 Å². The number of pyridine rings is 1. The number of amides is 1. The van der Waals surface area contributed by atoms with Gasteiger partial charge in [0, 0.05) is 44.3 Å². The van der Waals surface area contributed by atoms with Crippen molar-refractivity contribution in [2.24, 2.45) is 5.92 Å². The van der Waals surface area contributed by atoms with Crippen LogP contribution < -0.4 is 5.32 Å². The molecule has 0 spiro atoms. The fourth-order valence-corrected chi connectivity index (χ4v) is 4.15. The molecule has 2 fully saturated rings. The van der Waals surface area contributed by atoms with E-state index in [4.69, 9.17) is 0 Å². The minimum Gasteiger partial charge on any atom is -0.349 e. The van der Waals surface area contributed by atoms with Crippen LogP contribution in [0.4, 0.5) is 0 Å². The van der Waals surface area contributed by atoms with E-state index >= 15 is 0 Å². The monoisotopic (exact) mass is 353 g/mol. The summed E-state index contributed by atoms with van der Waals surface area (Å²) in [4.78, 5) is 19.4. The molecule has 2 aromatic heterocycles.